The summed E-state index contributed by atoms with van der Waals surface area (Å²) in [5.74, 6) is 0. The second-order valence-corrected chi connectivity index (χ2v) is 6.21. The summed E-state index contributed by atoms with van der Waals surface area (Å²) in [6, 6.07) is 0.593. The first-order valence-electron chi connectivity index (χ1n) is 9.01. The third-order valence-corrected chi connectivity index (χ3v) is 4.31. The molecule has 2 rings (SSSR count). The molecule has 0 amide bonds. The van der Waals surface area contributed by atoms with E-state index in [-0.39, 0.29) is 0 Å². The van der Waals surface area contributed by atoms with Crippen molar-refractivity contribution >= 4 is 72.5 Å². The summed E-state index contributed by atoms with van der Waals surface area (Å²) in [5.41, 5.74) is 6.19. The van der Waals surface area contributed by atoms with Crippen molar-refractivity contribution in [3.8, 4) is 0 Å². The number of nitrogens with zero attached hydrogens (tertiary/aromatic N) is 2. The Hall–Kier alpha value is -1.57. The molecular weight excluding hydrogens is 297 g/mol. The standard InChI is InChI=1S/C17H17B6N2/c1-8-6-9(2)16(10(3)7-8)24-25-17-11(4)13(18)14(22-19)15(12(17)5)23(20)21/h6-7H,1-5H3/i6D,7D. The number of hydrogen-bond acceptors (Lipinski definition) is 2. The van der Waals surface area contributed by atoms with Gasteiger partial charge in [-0.05, 0) is 56.9 Å². The van der Waals surface area contributed by atoms with Gasteiger partial charge in [0.1, 0.15) is 7.85 Å². The number of hydrogen-bond donors (Lipinski definition) is 0. The molecular formula is C17H17B6N2. The SMILES string of the molecule is [2H]c1c(C)c([2H])c(C)c(N=Nc2c(C)c([B])c([B][B])c(B([B])[B])c2C)c1C. The van der Waals surface area contributed by atoms with Crippen molar-refractivity contribution < 1.29 is 2.74 Å². The van der Waals surface area contributed by atoms with Crippen LogP contribution in [0.5, 0.6) is 0 Å². The molecule has 0 fully saturated rings. The van der Waals surface area contributed by atoms with Crippen LogP contribution < -0.4 is 16.4 Å². The Balaban J connectivity index is 2.73. The molecule has 9 radical (unpaired) electrons. The highest BCUT2D eigenvalue weighted by atomic mass is 15.1. The zero-order chi connectivity index (χ0) is 20.6. The van der Waals surface area contributed by atoms with Crippen LogP contribution in [0.4, 0.5) is 11.4 Å². The summed E-state index contributed by atoms with van der Waals surface area (Å²) in [5, 5.41) is 8.76. The third-order valence-electron chi connectivity index (χ3n) is 4.31. The summed E-state index contributed by atoms with van der Waals surface area (Å²) in [7, 11) is 25.2. The largest absolute Gasteiger partial charge is 0.150 e. The highest BCUT2D eigenvalue weighted by molar-refractivity contribution is 7.36. The lowest BCUT2D eigenvalue weighted by molar-refractivity contribution is 1.16. The second kappa shape index (κ2) is 7.76. The highest BCUT2D eigenvalue weighted by Crippen LogP contribution is 2.29. The van der Waals surface area contributed by atoms with Crippen molar-refractivity contribution in [1.29, 1.82) is 0 Å². The summed E-state index contributed by atoms with van der Waals surface area (Å²) < 4.78 is 16.3. The van der Waals surface area contributed by atoms with Gasteiger partial charge < -0.3 is 0 Å². The van der Waals surface area contributed by atoms with Gasteiger partial charge in [-0.1, -0.05) is 23.1 Å². The van der Waals surface area contributed by atoms with Crippen molar-refractivity contribution in [3.63, 3.8) is 0 Å². The Morgan fingerprint density at radius 1 is 0.960 bits per heavy atom. The van der Waals surface area contributed by atoms with Crippen LogP contribution in [0.15, 0.2) is 22.3 Å². The van der Waals surface area contributed by atoms with Crippen LogP contribution in [-0.2, 0) is 0 Å². The van der Waals surface area contributed by atoms with Crippen LogP contribution in [-0.4, -0.2) is 44.7 Å². The molecule has 0 N–H and O–H groups in total. The zero-order valence-electron chi connectivity index (χ0n) is 17.4. The van der Waals surface area contributed by atoms with E-state index in [9.17, 15) is 0 Å². The Bertz CT molecular complexity index is 915. The fourth-order valence-electron chi connectivity index (χ4n) is 3.09. The number of rotatable bonds is 4. The van der Waals surface area contributed by atoms with Crippen LogP contribution in [0.2, 0.25) is 0 Å². The maximum absolute atomic E-state index is 8.17. The van der Waals surface area contributed by atoms with Gasteiger partial charge in [-0.25, -0.2) is 0 Å². The zero-order valence-corrected chi connectivity index (χ0v) is 15.4. The second-order valence-electron chi connectivity index (χ2n) is 6.21. The molecule has 0 aliphatic heterocycles. The Labute approximate surface area is 160 Å². The molecule has 0 bridgehead atoms. The monoisotopic (exact) mass is 317 g/mol. The van der Waals surface area contributed by atoms with Crippen LogP contribution in [0.1, 0.15) is 30.6 Å². The fourth-order valence-corrected chi connectivity index (χ4v) is 3.09. The Kier molecular flexibility index (Phi) is 5.24. The normalized spacial score (nSPS) is 12.2. The van der Waals surface area contributed by atoms with Gasteiger partial charge in [-0.15, -0.1) is 16.0 Å². The molecule has 0 aliphatic carbocycles. The molecule has 0 aliphatic rings. The van der Waals surface area contributed by atoms with E-state index >= 15 is 0 Å². The van der Waals surface area contributed by atoms with Crippen molar-refractivity contribution in [2.75, 3.05) is 0 Å². The van der Waals surface area contributed by atoms with E-state index in [4.69, 9.17) is 33.8 Å². The smallest absolute Gasteiger partial charge is 0.113 e. The van der Waals surface area contributed by atoms with E-state index in [1.807, 2.05) is 13.8 Å². The molecule has 113 valence electrons. The Morgan fingerprint density at radius 2 is 1.48 bits per heavy atom. The molecule has 0 aromatic heterocycles. The minimum atomic E-state index is -0.765. The van der Waals surface area contributed by atoms with Gasteiger partial charge in [0.2, 0.25) is 0 Å². The first-order valence-corrected chi connectivity index (χ1v) is 8.01. The van der Waals surface area contributed by atoms with Gasteiger partial charge in [0.15, 0.2) is 0 Å². The molecule has 0 spiro atoms. The van der Waals surface area contributed by atoms with Gasteiger partial charge in [0.25, 0.3) is 0 Å². The predicted octanol–water partition coefficient (Wildman–Crippen LogP) is 0.883. The van der Waals surface area contributed by atoms with Crippen molar-refractivity contribution in [3.05, 3.63) is 39.9 Å². The number of azo groups is 1. The molecule has 2 nitrogen and oxygen atoms in total. The highest BCUT2D eigenvalue weighted by Gasteiger charge is 2.18. The third kappa shape index (κ3) is 3.83. The summed E-state index contributed by atoms with van der Waals surface area (Å²) in [6.07, 6.45) is 0. The van der Waals surface area contributed by atoms with Crippen LogP contribution in [0.25, 0.3) is 0 Å². The first kappa shape index (κ1) is 16.9. The molecule has 0 saturated heterocycles. The average molecular weight is 316 g/mol. The fraction of sp³-hybridized carbons (Fsp3) is 0.294. The van der Waals surface area contributed by atoms with Gasteiger partial charge in [0, 0.05) is 23.2 Å². The van der Waals surface area contributed by atoms with E-state index in [2.05, 4.69) is 10.2 Å². The minimum Gasteiger partial charge on any atom is -0.150 e. The van der Waals surface area contributed by atoms with E-state index < -0.39 is 6.49 Å². The lowest BCUT2D eigenvalue weighted by Gasteiger charge is -2.22. The molecule has 8 heteroatoms. The van der Waals surface area contributed by atoms with Crippen molar-refractivity contribution in [2.24, 2.45) is 10.2 Å². The summed E-state index contributed by atoms with van der Waals surface area (Å²) in [4.78, 5) is 0. The first-order chi connectivity index (χ1) is 12.5. The van der Waals surface area contributed by atoms with Gasteiger partial charge in [-0.2, -0.15) is 5.11 Å². The lowest BCUT2D eigenvalue weighted by atomic mass is 9.15. The predicted molar refractivity (Wildman–Crippen MR) is 114 cm³/mol. The van der Waals surface area contributed by atoms with Gasteiger partial charge >= 0.3 is 0 Å². The molecule has 0 atom stereocenters. The summed E-state index contributed by atoms with van der Waals surface area (Å²) in [6.45, 7) is 8.28. The van der Waals surface area contributed by atoms with E-state index in [1.165, 1.54) is 7.17 Å². The van der Waals surface area contributed by atoms with Crippen molar-refractivity contribution in [1.82, 2.24) is 0 Å². The van der Waals surface area contributed by atoms with Crippen LogP contribution >= 0.6 is 0 Å². The number of benzene rings is 2. The van der Waals surface area contributed by atoms with E-state index in [1.54, 1.807) is 20.8 Å². The van der Waals surface area contributed by atoms with Gasteiger partial charge in [-0.3, -0.25) is 0 Å². The topological polar surface area (TPSA) is 24.7 Å². The molecule has 2 aromatic rings. The minimum absolute atomic E-state index is 0.297. The average Bonchev–Trinajstić information content (AvgIpc) is 2.62. The lowest BCUT2D eigenvalue weighted by Crippen LogP contribution is -2.54. The molecule has 2 aromatic carbocycles. The Morgan fingerprint density at radius 3 is 1.96 bits per heavy atom. The van der Waals surface area contributed by atoms with E-state index in [0.29, 0.717) is 56.5 Å². The molecule has 25 heavy (non-hydrogen) atoms. The molecule has 0 unspecified atom stereocenters. The van der Waals surface area contributed by atoms with Crippen LogP contribution in [0, 0.1) is 34.6 Å². The van der Waals surface area contributed by atoms with Crippen molar-refractivity contribution in [2.45, 2.75) is 34.6 Å². The van der Waals surface area contributed by atoms with E-state index in [0.717, 1.165) is 11.1 Å². The van der Waals surface area contributed by atoms with Gasteiger partial charge in [0.05, 0.1) is 27.8 Å². The van der Waals surface area contributed by atoms with Crippen LogP contribution in [0.3, 0.4) is 0 Å². The molecule has 0 saturated carbocycles. The summed E-state index contributed by atoms with van der Waals surface area (Å²) >= 11 is 0. The maximum atomic E-state index is 8.17. The quantitative estimate of drug-likeness (QED) is 0.591. The molecule has 0 heterocycles. The maximum Gasteiger partial charge on any atom is 0.113 e.